The Bertz CT molecular complexity index is 645. The third-order valence-electron chi connectivity index (χ3n) is 2.09. The fraction of sp³-hybridized carbons (Fsp3) is 0. The van der Waals surface area contributed by atoms with Gasteiger partial charge >= 0.3 is 0 Å². The van der Waals surface area contributed by atoms with E-state index in [0.717, 1.165) is 4.47 Å². The van der Waals surface area contributed by atoms with Gasteiger partial charge in [0.05, 0.1) is 6.20 Å². The number of pyridine rings is 1. The second-order valence-corrected chi connectivity index (χ2v) is 4.10. The zero-order valence-electron chi connectivity index (χ0n) is 7.96. The van der Waals surface area contributed by atoms with Crippen molar-refractivity contribution < 1.29 is 4.52 Å². The van der Waals surface area contributed by atoms with Crippen LogP contribution in [0.1, 0.15) is 0 Å². The molecule has 0 aliphatic heterocycles. The van der Waals surface area contributed by atoms with Gasteiger partial charge in [-0.3, -0.25) is 0 Å². The predicted molar refractivity (Wildman–Crippen MR) is 60.6 cm³/mol. The zero-order valence-corrected chi connectivity index (χ0v) is 9.55. The highest BCUT2D eigenvalue weighted by Crippen LogP contribution is 2.20. The summed E-state index contributed by atoms with van der Waals surface area (Å²) in [5.74, 6) is 1.48. The van der Waals surface area contributed by atoms with Crippen molar-refractivity contribution in [1.29, 1.82) is 0 Å². The van der Waals surface area contributed by atoms with E-state index in [1.54, 1.807) is 22.8 Å². The molecule has 0 amide bonds. The molecule has 2 N–H and O–H groups in total. The number of hydrogen-bond donors (Lipinski definition) is 1. The van der Waals surface area contributed by atoms with E-state index < -0.39 is 0 Å². The second-order valence-electron chi connectivity index (χ2n) is 3.18. The van der Waals surface area contributed by atoms with Crippen molar-refractivity contribution in [3.8, 4) is 11.6 Å². The summed E-state index contributed by atoms with van der Waals surface area (Å²) >= 11 is 3.34. The highest BCUT2D eigenvalue weighted by Gasteiger charge is 2.11. The van der Waals surface area contributed by atoms with Gasteiger partial charge in [0.25, 0.3) is 0 Å². The van der Waals surface area contributed by atoms with Crippen molar-refractivity contribution in [2.24, 2.45) is 0 Å². The minimum absolute atomic E-state index is 0.460. The molecule has 0 aliphatic carbocycles. The van der Waals surface area contributed by atoms with Crippen LogP contribution in [0.4, 0.5) is 5.82 Å². The standard InChI is InChI=1S/C9H6BrN5O/c10-5-3-7(11)15-8(4-5)13-9(14-15)6-1-2-12-16-6/h1-4H,11H2. The lowest BCUT2D eigenvalue weighted by Crippen LogP contribution is -1.97. The topological polar surface area (TPSA) is 82.2 Å². The Labute approximate surface area is 98.2 Å². The average molecular weight is 280 g/mol. The largest absolute Gasteiger partial charge is 0.384 e. The number of rotatable bonds is 1. The molecule has 0 aromatic carbocycles. The smallest absolute Gasteiger partial charge is 0.220 e. The molecule has 7 heteroatoms. The molecule has 0 radical (unpaired) electrons. The normalized spacial score (nSPS) is 11.1. The highest BCUT2D eigenvalue weighted by atomic mass is 79.9. The number of nitrogens with two attached hydrogens (primary N) is 1. The summed E-state index contributed by atoms with van der Waals surface area (Å²) in [6, 6.07) is 5.27. The molecule has 0 unspecified atom stereocenters. The Hall–Kier alpha value is -1.89. The summed E-state index contributed by atoms with van der Waals surface area (Å²) in [6.07, 6.45) is 1.54. The second kappa shape index (κ2) is 3.31. The molecule has 0 spiro atoms. The fourth-order valence-corrected chi connectivity index (χ4v) is 1.85. The summed E-state index contributed by atoms with van der Waals surface area (Å²) in [7, 11) is 0. The lowest BCUT2D eigenvalue weighted by molar-refractivity contribution is 0.429. The Balaban J connectivity index is 2.27. The molecule has 0 bridgehead atoms. The van der Waals surface area contributed by atoms with Crippen molar-refractivity contribution >= 4 is 27.4 Å². The van der Waals surface area contributed by atoms with Crippen molar-refractivity contribution in [3.05, 3.63) is 28.9 Å². The van der Waals surface area contributed by atoms with Gasteiger partial charge in [0.2, 0.25) is 11.6 Å². The van der Waals surface area contributed by atoms with Gasteiger partial charge in [-0.2, -0.15) is 4.52 Å². The fourth-order valence-electron chi connectivity index (χ4n) is 1.41. The van der Waals surface area contributed by atoms with Crippen LogP contribution in [0.3, 0.4) is 0 Å². The van der Waals surface area contributed by atoms with Crippen LogP contribution < -0.4 is 5.73 Å². The van der Waals surface area contributed by atoms with Crippen molar-refractivity contribution in [1.82, 2.24) is 19.8 Å². The molecular weight excluding hydrogens is 274 g/mol. The first kappa shape index (κ1) is 9.34. The van der Waals surface area contributed by atoms with Crippen molar-refractivity contribution in [2.45, 2.75) is 0 Å². The van der Waals surface area contributed by atoms with Gasteiger partial charge in [0.15, 0.2) is 5.65 Å². The Morgan fingerprint density at radius 3 is 3.00 bits per heavy atom. The van der Waals surface area contributed by atoms with Crippen LogP contribution in [-0.2, 0) is 0 Å². The maximum atomic E-state index is 5.81. The van der Waals surface area contributed by atoms with E-state index >= 15 is 0 Å². The van der Waals surface area contributed by atoms with E-state index in [9.17, 15) is 0 Å². The first-order valence-corrected chi connectivity index (χ1v) is 5.26. The van der Waals surface area contributed by atoms with Crippen LogP contribution in [0.2, 0.25) is 0 Å². The van der Waals surface area contributed by atoms with E-state index in [1.807, 2.05) is 6.07 Å². The molecule has 0 fully saturated rings. The molecule has 16 heavy (non-hydrogen) atoms. The van der Waals surface area contributed by atoms with Crippen LogP contribution in [0, 0.1) is 0 Å². The first-order valence-electron chi connectivity index (χ1n) is 4.47. The number of aromatic nitrogens is 4. The lowest BCUT2D eigenvalue weighted by Gasteiger charge is -1.97. The quantitative estimate of drug-likeness (QED) is 0.734. The molecule has 3 heterocycles. The Morgan fingerprint density at radius 1 is 1.38 bits per heavy atom. The predicted octanol–water partition coefficient (Wildman–Crippen LogP) is 1.73. The summed E-state index contributed by atoms with van der Waals surface area (Å²) in [5, 5.41) is 7.83. The van der Waals surface area contributed by atoms with Crippen molar-refractivity contribution in [2.75, 3.05) is 5.73 Å². The molecule has 0 aliphatic rings. The van der Waals surface area contributed by atoms with Crippen LogP contribution in [0.5, 0.6) is 0 Å². The zero-order chi connectivity index (χ0) is 11.1. The van der Waals surface area contributed by atoms with E-state index in [0.29, 0.717) is 23.0 Å². The van der Waals surface area contributed by atoms with Gasteiger partial charge in [-0.25, -0.2) is 4.98 Å². The monoisotopic (exact) mass is 279 g/mol. The third kappa shape index (κ3) is 1.36. The number of halogens is 1. The first-order chi connectivity index (χ1) is 7.74. The van der Waals surface area contributed by atoms with Gasteiger partial charge in [-0.15, -0.1) is 5.10 Å². The number of fused-ring (bicyclic) bond motifs is 1. The van der Waals surface area contributed by atoms with Gasteiger partial charge in [0, 0.05) is 10.5 Å². The molecule has 0 saturated carbocycles. The van der Waals surface area contributed by atoms with Crippen LogP contribution in [0.25, 0.3) is 17.2 Å². The third-order valence-corrected chi connectivity index (χ3v) is 2.55. The summed E-state index contributed by atoms with van der Waals surface area (Å²) in [4.78, 5) is 4.28. The molecule has 6 nitrogen and oxygen atoms in total. The molecule has 80 valence electrons. The molecular formula is C9H6BrN5O. The summed E-state index contributed by atoms with van der Waals surface area (Å²) in [5.41, 5.74) is 6.46. The molecule has 3 aromatic heterocycles. The maximum Gasteiger partial charge on any atom is 0.220 e. The van der Waals surface area contributed by atoms with Gasteiger partial charge in [-0.1, -0.05) is 21.1 Å². The van der Waals surface area contributed by atoms with E-state index in [2.05, 4.69) is 31.2 Å². The molecule has 0 saturated heterocycles. The van der Waals surface area contributed by atoms with Gasteiger partial charge in [-0.05, 0) is 12.1 Å². The summed E-state index contributed by atoms with van der Waals surface area (Å²) in [6.45, 7) is 0. The van der Waals surface area contributed by atoms with E-state index in [1.165, 1.54) is 0 Å². The van der Waals surface area contributed by atoms with Crippen LogP contribution >= 0.6 is 15.9 Å². The summed E-state index contributed by atoms with van der Waals surface area (Å²) < 4.78 is 7.38. The van der Waals surface area contributed by atoms with Crippen LogP contribution in [0.15, 0.2) is 33.4 Å². The minimum atomic E-state index is 0.460. The van der Waals surface area contributed by atoms with Crippen LogP contribution in [-0.4, -0.2) is 19.8 Å². The number of anilines is 1. The minimum Gasteiger partial charge on any atom is -0.384 e. The van der Waals surface area contributed by atoms with Gasteiger partial charge < -0.3 is 10.3 Å². The van der Waals surface area contributed by atoms with E-state index in [-0.39, 0.29) is 0 Å². The number of nitrogen functional groups attached to an aromatic ring is 1. The highest BCUT2D eigenvalue weighted by molar-refractivity contribution is 9.10. The number of hydrogen-bond acceptors (Lipinski definition) is 5. The Morgan fingerprint density at radius 2 is 2.25 bits per heavy atom. The SMILES string of the molecule is Nc1cc(Br)cc2nc(-c3ccno3)nn12. The Kier molecular flexibility index (Phi) is 1.93. The molecule has 0 atom stereocenters. The number of nitrogens with zero attached hydrogens (tertiary/aromatic N) is 4. The van der Waals surface area contributed by atoms with Crippen molar-refractivity contribution in [3.63, 3.8) is 0 Å². The van der Waals surface area contributed by atoms with E-state index in [4.69, 9.17) is 10.3 Å². The molecule has 3 rings (SSSR count). The molecule has 3 aromatic rings. The lowest BCUT2D eigenvalue weighted by atomic mass is 10.4. The maximum absolute atomic E-state index is 5.81. The average Bonchev–Trinajstić information content (AvgIpc) is 2.82. The van der Waals surface area contributed by atoms with Gasteiger partial charge in [0.1, 0.15) is 5.82 Å².